The van der Waals surface area contributed by atoms with E-state index in [0.29, 0.717) is 11.5 Å². The fraction of sp³-hybridized carbons (Fsp3) is 0.412. The summed E-state index contributed by atoms with van der Waals surface area (Å²) >= 11 is 0. The first-order valence-electron chi connectivity index (χ1n) is 7.59. The van der Waals surface area contributed by atoms with Crippen molar-refractivity contribution in [2.45, 2.75) is 32.8 Å². The minimum absolute atomic E-state index is 0.00381. The van der Waals surface area contributed by atoms with Gasteiger partial charge in [-0.2, -0.15) is 5.10 Å². The molecule has 1 heterocycles. The molecule has 1 aromatic carbocycles. The zero-order chi connectivity index (χ0) is 17.0. The van der Waals surface area contributed by atoms with Crippen molar-refractivity contribution in [3.63, 3.8) is 0 Å². The summed E-state index contributed by atoms with van der Waals surface area (Å²) in [5.41, 5.74) is 0.424. The number of nitrogens with zero attached hydrogens (tertiary/aromatic N) is 1. The molecule has 0 saturated carbocycles. The monoisotopic (exact) mass is 319 g/mol. The Morgan fingerprint density at radius 1 is 1.39 bits per heavy atom. The minimum Gasteiger partial charge on any atom is -0.384 e. The van der Waals surface area contributed by atoms with Gasteiger partial charge in [-0.1, -0.05) is 26.0 Å². The Morgan fingerprint density at radius 2 is 2.04 bits per heavy atom. The third-order valence-electron chi connectivity index (χ3n) is 3.55. The van der Waals surface area contributed by atoms with E-state index in [-0.39, 0.29) is 24.0 Å². The molecule has 0 aliphatic carbocycles. The van der Waals surface area contributed by atoms with Gasteiger partial charge in [0.2, 0.25) is 0 Å². The molecule has 0 aliphatic rings. The van der Waals surface area contributed by atoms with Crippen LogP contribution in [0.1, 0.15) is 42.5 Å². The number of benzene rings is 1. The van der Waals surface area contributed by atoms with Crippen molar-refractivity contribution in [3.8, 4) is 0 Å². The predicted octanol–water partition coefficient (Wildman–Crippen LogP) is 2.38. The van der Waals surface area contributed by atoms with Gasteiger partial charge >= 0.3 is 0 Å². The van der Waals surface area contributed by atoms with Crippen LogP contribution in [-0.2, 0) is 12.0 Å². The molecule has 5 nitrogen and oxygen atoms in total. The number of aromatic amines is 1. The van der Waals surface area contributed by atoms with E-state index in [1.165, 1.54) is 24.3 Å². The highest BCUT2D eigenvalue weighted by Crippen LogP contribution is 2.20. The van der Waals surface area contributed by atoms with Crippen molar-refractivity contribution in [2.75, 3.05) is 6.54 Å². The van der Waals surface area contributed by atoms with Gasteiger partial charge in [-0.25, -0.2) is 4.39 Å². The number of H-pyrrole nitrogens is 1. The van der Waals surface area contributed by atoms with Gasteiger partial charge in [0.1, 0.15) is 17.1 Å². The summed E-state index contributed by atoms with van der Waals surface area (Å²) in [4.78, 5) is 12.1. The Bertz CT molecular complexity index is 663. The number of aromatic nitrogens is 2. The number of amides is 1. The Labute approximate surface area is 134 Å². The zero-order valence-electron chi connectivity index (χ0n) is 13.6. The van der Waals surface area contributed by atoms with Gasteiger partial charge in [0.25, 0.3) is 5.91 Å². The topological polar surface area (TPSA) is 78.0 Å². The number of hydrogen-bond acceptors (Lipinski definition) is 3. The van der Waals surface area contributed by atoms with Gasteiger partial charge in [-0.3, -0.25) is 9.89 Å². The van der Waals surface area contributed by atoms with Gasteiger partial charge in [0.05, 0.1) is 6.54 Å². The number of carbonyl (C=O) groups excluding carboxylic acids is 1. The molecule has 1 atom stereocenters. The molecule has 2 aromatic rings. The molecule has 1 unspecified atom stereocenters. The number of nitrogens with one attached hydrogen (secondary N) is 2. The average molecular weight is 319 g/mol. The molecule has 1 amide bonds. The Balaban J connectivity index is 1.97. The first-order chi connectivity index (χ1) is 10.8. The molecule has 0 saturated heterocycles. The molecular formula is C17H22FN3O2. The zero-order valence-corrected chi connectivity index (χ0v) is 13.6. The quantitative estimate of drug-likeness (QED) is 0.765. The van der Waals surface area contributed by atoms with E-state index >= 15 is 0 Å². The number of rotatable bonds is 6. The molecule has 0 aliphatic heterocycles. The van der Waals surface area contributed by atoms with E-state index in [1.54, 1.807) is 13.0 Å². The van der Waals surface area contributed by atoms with Crippen molar-refractivity contribution in [1.82, 2.24) is 15.5 Å². The second-order valence-electron chi connectivity index (χ2n) is 6.34. The summed E-state index contributed by atoms with van der Waals surface area (Å²) in [5.74, 6) is -0.271. The Morgan fingerprint density at radius 3 is 2.65 bits per heavy atom. The lowest BCUT2D eigenvalue weighted by Gasteiger charge is -2.24. The minimum atomic E-state index is -1.29. The van der Waals surface area contributed by atoms with Crippen molar-refractivity contribution in [2.24, 2.45) is 5.92 Å². The van der Waals surface area contributed by atoms with E-state index in [4.69, 9.17) is 0 Å². The molecule has 0 radical (unpaired) electrons. The third kappa shape index (κ3) is 4.63. The molecule has 1 aromatic heterocycles. The maximum Gasteiger partial charge on any atom is 0.271 e. The van der Waals surface area contributed by atoms with Gasteiger partial charge in [-0.15, -0.1) is 0 Å². The molecule has 6 heteroatoms. The molecule has 2 rings (SSSR count). The van der Waals surface area contributed by atoms with Gasteiger partial charge < -0.3 is 10.4 Å². The number of aliphatic hydroxyl groups is 1. The van der Waals surface area contributed by atoms with E-state index in [0.717, 1.165) is 12.1 Å². The second-order valence-corrected chi connectivity index (χ2v) is 6.34. The molecule has 0 spiro atoms. The second kappa shape index (κ2) is 6.91. The van der Waals surface area contributed by atoms with Crippen LogP contribution in [0.2, 0.25) is 0 Å². The average Bonchev–Trinajstić information content (AvgIpc) is 2.93. The molecular weight excluding hydrogens is 297 g/mol. The molecule has 124 valence electrons. The van der Waals surface area contributed by atoms with Crippen molar-refractivity contribution in [1.29, 1.82) is 0 Å². The Kier molecular flexibility index (Phi) is 5.15. The van der Waals surface area contributed by atoms with Crippen molar-refractivity contribution < 1.29 is 14.3 Å². The highest BCUT2D eigenvalue weighted by molar-refractivity contribution is 5.92. The van der Waals surface area contributed by atoms with Crippen LogP contribution in [0.5, 0.6) is 0 Å². The standard InChI is InChI=1S/C17H22FN3O2/c1-11(2)8-14-9-15(21-20-14)16(22)19-10-17(3,23)12-4-6-13(18)7-5-12/h4-7,9,11,23H,8,10H2,1-3H3,(H,19,22)(H,20,21). The van der Waals surface area contributed by atoms with Crippen LogP contribution in [0.15, 0.2) is 30.3 Å². The number of carbonyl (C=O) groups is 1. The molecule has 0 bridgehead atoms. The van der Waals surface area contributed by atoms with Crippen LogP contribution in [0.25, 0.3) is 0 Å². The maximum absolute atomic E-state index is 12.9. The fourth-order valence-corrected chi connectivity index (χ4v) is 2.28. The van der Waals surface area contributed by atoms with Crippen LogP contribution in [0.3, 0.4) is 0 Å². The normalized spacial score (nSPS) is 13.8. The fourth-order valence-electron chi connectivity index (χ4n) is 2.28. The molecule has 0 fully saturated rings. The van der Waals surface area contributed by atoms with Gasteiger partial charge in [0, 0.05) is 5.69 Å². The lowest BCUT2D eigenvalue weighted by Crippen LogP contribution is -2.38. The number of hydrogen-bond donors (Lipinski definition) is 3. The first kappa shape index (κ1) is 17.1. The molecule has 23 heavy (non-hydrogen) atoms. The van der Waals surface area contributed by atoms with Crippen LogP contribution in [0, 0.1) is 11.7 Å². The van der Waals surface area contributed by atoms with Crippen LogP contribution < -0.4 is 5.32 Å². The summed E-state index contributed by atoms with van der Waals surface area (Å²) in [7, 11) is 0. The number of halogens is 1. The highest BCUT2D eigenvalue weighted by atomic mass is 19.1. The summed E-state index contributed by atoms with van der Waals surface area (Å²) in [6.07, 6.45) is 0.813. The molecule has 3 N–H and O–H groups in total. The van der Waals surface area contributed by atoms with Gasteiger partial charge in [0.15, 0.2) is 0 Å². The lowest BCUT2D eigenvalue weighted by molar-refractivity contribution is 0.0524. The van der Waals surface area contributed by atoms with Crippen LogP contribution in [-0.4, -0.2) is 27.8 Å². The summed E-state index contributed by atoms with van der Waals surface area (Å²) < 4.78 is 12.9. The first-order valence-corrected chi connectivity index (χ1v) is 7.59. The third-order valence-corrected chi connectivity index (χ3v) is 3.55. The van der Waals surface area contributed by atoms with Crippen molar-refractivity contribution >= 4 is 5.91 Å². The summed E-state index contributed by atoms with van der Waals surface area (Å²) in [6.45, 7) is 5.74. The van der Waals surface area contributed by atoms with E-state index in [1.807, 2.05) is 0 Å². The van der Waals surface area contributed by atoms with Crippen molar-refractivity contribution in [3.05, 3.63) is 53.1 Å². The van der Waals surface area contributed by atoms with E-state index in [2.05, 4.69) is 29.4 Å². The maximum atomic E-state index is 12.9. The summed E-state index contributed by atoms with van der Waals surface area (Å²) in [6, 6.07) is 7.25. The SMILES string of the molecule is CC(C)Cc1cc(C(=O)NCC(C)(O)c2ccc(F)cc2)n[nH]1. The lowest BCUT2D eigenvalue weighted by atomic mass is 9.96. The predicted molar refractivity (Wildman–Crippen MR) is 85.4 cm³/mol. The highest BCUT2D eigenvalue weighted by Gasteiger charge is 2.24. The van der Waals surface area contributed by atoms with Crippen LogP contribution >= 0.6 is 0 Å². The Hall–Kier alpha value is -2.21. The van der Waals surface area contributed by atoms with Gasteiger partial charge in [-0.05, 0) is 43.0 Å². The summed E-state index contributed by atoms with van der Waals surface area (Å²) in [5, 5.41) is 19.9. The van der Waals surface area contributed by atoms with E-state index < -0.39 is 5.60 Å². The smallest absolute Gasteiger partial charge is 0.271 e. The largest absolute Gasteiger partial charge is 0.384 e. The van der Waals surface area contributed by atoms with E-state index in [9.17, 15) is 14.3 Å². The van der Waals surface area contributed by atoms with Crippen LogP contribution in [0.4, 0.5) is 4.39 Å².